The van der Waals surface area contributed by atoms with Crippen LogP contribution < -0.4 is 34.2 Å². The van der Waals surface area contributed by atoms with Crippen LogP contribution in [0.25, 0.3) is 0 Å². The number of hydrogen-bond donors (Lipinski definition) is 1. The van der Waals surface area contributed by atoms with E-state index in [2.05, 4.69) is 0 Å². The van der Waals surface area contributed by atoms with E-state index in [0.717, 1.165) is 25.7 Å². The van der Waals surface area contributed by atoms with Crippen molar-refractivity contribution in [3.05, 3.63) is 103 Å². The van der Waals surface area contributed by atoms with Gasteiger partial charge in [0.15, 0.2) is 42.8 Å². The standard InChI is InChI=1S/C39H45F3O13.C36H45NO12/c1-8-9-13-27(45)53-18-26(44)38(52-7)16-22-30(24(17-38)55-28-15-20(14-25(43)39(40,41)42)35(49-4)19(2)54-28)37(51-6)32-31(36(22)50-5)33(46)21-11-10-12-23(48-3)29(21)34(32)47;1-18-33(49-25-12-7-8-13-46-25)21(37)14-26(47-18)48-23-16-36(45-6,24(38)17-41-2)15-20-28(23)35(44-5)30-29(34(20)43-4)31(39)19-10-9-11-22(42-3)27(19)32(30)40/h10-12,19-20,24,28,35H,8-9,13-18H2,1-7H3;9-11,18,21,23,25-26,33H,7-8,12-17,37H2,1-6H3/t19-,20+,24+,28?,35-,38-;18-,21-,23?,25?,26?,33+,36-/m00/s1. The Morgan fingerprint density at radius 3 is 1.48 bits per heavy atom. The van der Waals surface area contributed by atoms with Crippen molar-refractivity contribution in [1.29, 1.82) is 0 Å². The number of ether oxygens (including phenoxy) is 17. The molecule has 29 heteroatoms. The molecule has 4 aromatic rings. The molecule has 3 fully saturated rings. The van der Waals surface area contributed by atoms with Gasteiger partial charge in [0.2, 0.25) is 23.1 Å². The van der Waals surface area contributed by atoms with Crippen LogP contribution in [0.2, 0.25) is 0 Å². The lowest BCUT2D eigenvalue weighted by Gasteiger charge is -2.45. The molecule has 0 bridgehead atoms. The number of nitrogens with two attached hydrogens (primary N) is 1. The number of Topliss-reactive ketones (excluding diaryl/α,β-unsaturated/α-hetero) is 3. The van der Waals surface area contributed by atoms with E-state index in [0.29, 0.717) is 24.2 Å². The lowest BCUT2D eigenvalue weighted by Crippen LogP contribution is -2.55. The van der Waals surface area contributed by atoms with Crippen molar-refractivity contribution in [3.8, 4) is 34.5 Å². The molecule has 0 spiro atoms. The zero-order valence-electron chi connectivity index (χ0n) is 60.5. The number of fused-ring (bicyclic) bond motifs is 6. The second kappa shape index (κ2) is 32.9. The van der Waals surface area contributed by atoms with E-state index in [9.17, 15) is 51.5 Å². The highest BCUT2D eigenvalue weighted by molar-refractivity contribution is 6.32. The van der Waals surface area contributed by atoms with E-state index in [1.807, 2.05) is 13.8 Å². The first-order valence-corrected chi connectivity index (χ1v) is 34.5. The summed E-state index contributed by atoms with van der Waals surface area (Å²) < 4.78 is 141. The van der Waals surface area contributed by atoms with Crippen molar-refractivity contribution in [1.82, 2.24) is 0 Å². The molecule has 0 aromatic heterocycles. The topological polar surface area (TPSA) is 319 Å². The third-order valence-corrected chi connectivity index (χ3v) is 20.6. The van der Waals surface area contributed by atoms with Crippen molar-refractivity contribution < 1.29 is 132 Å². The SMILES string of the molecule is CCCCC(=O)OCC(=O)[C@]1(OC)Cc2c(OC)c3c(c(OC)c2[C@H](OC2C[C@@H](CC(=O)C(F)(F)F)[C@@H](OC)[C@H](C)O2)C1)C(=O)c1c(OC)cccc1C3=O.COCC(=O)[C@]1(OC)Cc2c(OC)c3c(c(OC)c2C(OC2C[C@H](N)[C@H](OC4CCCCO4)[C@H](C)O2)C1)C(=O)c1c(OC)cccc1C3=O. The summed E-state index contributed by atoms with van der Waals surface area (Å²) in [6.45, 7) is 5.08. The van der Waals surface area contributed by atoms with Gasteiger partial charge < -0.3 is 86.3 Å². The fourth-order valence-electron chi connectivity index (χ4n) is 15.6. The minimum Gasteiger partial charge on any atom is -0.496 e. The Morgan fingerprint density at radius 1 is 0.577 bits per heavy atom. The summed E-state index contributed by atoms with van der Waals surface area (Å²) in [5.41, 5.74) is 4.86. The highest BCUT2D eigenvalue weighted by Gasteiger charge is 2.56. The minimum absolute atomic E-state index is 0.00111. The molecule has 0 amide bonds. The van der Waals surface area contributed by atoms with Gasteiger partial charge in [-0.2, -0.15) is 13.2 Å². The summed E-state index contributed by atoms with van der Waals surface area (Å²) in [4.78, 5) is 110. The molecule has 13 atom stereocenters. The van der Waals surface area contributed by atoms with Gasteiger partial charge in [-0.25, -0.2) is 0 Å². The van der Waals surface area contributed by atoms with Gasteiger partial charge in [0.1, 0.15) is 58.4 Å². The molecule has 3 saturated heterocycles. The number of unbranched alkanes of at least 4 members (excludes halogenated alkanes) is 1. The fraction of sp³-hybridized carbons (Fsp3) is 0.573. The molecule has 7 aliphatic rings. The van der Waals surface area contributed by atoms with Crippen molar-refractivity contribution in [2.45, 2.75) is 183 Å². The Balaban J connectivity index is 0.000000225. The molecule has 4 aliphatic carbocycles. The Morgan fingerprint density at radius 2 is 1.06 bits per heavy atom. The number of benzene rings is 4. The van der Waals surface area contributed by atoms with Crippen LogP contribution >= 0.6 is 0 Å². The average molecular weight is 1460 g/mol. The maximum atomic E-state index is 14.4. The summed E-state index contributed by atoms with van der Waals surface area (Å²) in [5.74, 6) is -6.09. The number of esters is 1. The number of halogens is 3. The van der Waals surface area contributed by atoms with Gasteiger partial charge in [-0.05, 0) is 57.6 Å². The molecule has 11 rings (SSSR count). The number of alkyl halides is 3. The summed E-state index contributed by atoms with van der Waals surface area (Å²) >= 11 is 0. The third-order valence-electron chi connectivity index (χ3n) is 20.6. The first kappa shape index (κ1) is 78.8. The molecule has 3 aliphatic heterocycles. The summed E-state index contributed by atoms with van der Waals surface area (Å²) in [5, 5.41) is 0. The third kappa shape index (κ3) is 14.9. The van der Waals surface area contributed by atoms with Crippen molar-refractivity contribution in [2.24, 2.45) is 11.7 Å². The molecule has 4 aromatic carbocycles. The van der Waals surface area contributed by atoms with Gasteiger partial charge in [-0.3, -0.25) is 38.4 Å². The van der Waals surface area contributed by atoms with Gasteiger partial charge >= 0.3 is 12.1 Å². The van der Waals surface area contributed by atoms with Gasteiger partial charge in [0.05, 0.1) is 107 Å². The highest BCUT2D eigenvalue weighted by Crippen LogP contribution is 2.57. The van der Waals surface area contributed by atoms with E-state index in [1.54, 1.807) is 31.2 Å². The molecule has 4 unspecified atom stereocenters. The molecular weight excluding hydrogens is 1370 g/mol. The van der Waals surface area contributed by atoms with E-state index in [4.69, 9.17) is 86.3 Å². The zero-order chi connectivity index (χ0) is 75.4. The Bertz CT molecular complexity index is 3930. The van der Waals surface area contributed by atoms with Crippen LogP contribution in [0.1, 0.15) is 190 Å². The van der Waals surface area contributed by atoms with Crippen LogP contribution in [-0.4, -0.2) is 204 Å². The van der Waals surface area contributed by atoms with E-state index in [-0.39, 0.29) is 154 Å². The number of carbonyl (C=O) groups excluding carboxylic acids is 8. The Hall–Kier alpha value is -7.81. The molecule has 2 N–H and O–H groups in total. The van der Waals surface area contributed by atoms with Crippen molar-refractivity contribution in [2.75, 3.05) is 90.9 Å². The van der Waals surface area contributed by atoms with E-state index in [1.165, 1.54) is 83.2 Å². The van der Waals surface area contributed by atoms with Crippen LogP contribution in [0.15, 0.2) is 36.4 Å². The van der Waals surface area contributed by atoms with Crippen LogP contribution in [0.3, 0.4) is 0 Å². The first-order valence-electron chi connectivity index (χ1n) is 34.5. The molecule has 0 saturated carbocycles. The normalized spacial score (nSPS) is 26.9. The molecule has 566 valence electrons. The van der Waals surface area contributed by atoms with Gasteiger partial charge in [0.25, 0.3) is 0 Å². The molecule has 0 radical (unpaired) electrons. The molecule has 3 heterocycles. The number of carbonyl (C=O) groups is 8. The van der Waals surface area contributed by atoms with Gasteiger partial charge in [-0.1, -0.05) is 37.6 Å². The predicted molar refractivity (Wildman–Crippen MR) is 359 cm³/mol. The van der Waals surface area contributed by atoms with E-state index < -0.39 is 132 Å². The lowest BCUT2D eigenvalue weighted by atomic mass is 9.71. The van der Waals surface area contributed by atoms with Gasteiger partial charge in [-0.15, -0.1) is 0 Å². The summed E-state index contributed by atoms with van der Waals surface area (Å²) in [7, 11) is 13.7. The lowest BCUT2D eigenvalue weighted by molar-refractivity contribution is -0.281. The minimum atomic E-state index is -5.08. The Labute approximate surface area is 599 Å². The van der Waals surface area contributed by atoms with Crippen molar-refractivity contribution >= 4 is 46.5 Å². The van der Waals surface area contributed by atoms with Crippen LogP contribution in [0.5, 0.6) is 34.5 Å². The molecule has 104 heavy (non-hydrogen) atoms. The van der Waals surface area contributed by atoms with Gasteiger partial charge in [0, 0.05) is 126 Å². The fourth-order valence-corrected chi connectivity index (χ4v) is 15.6. The monoisotopic (exact) mass is 1460 g/mol. The highest BCUT2D eigenvalue weighted by atomic mass is 19.4. The molecular formula is C75H90F3NO25. The summed E-state index contributed by atoms with van der Waals surface area (Å²) in [6, 6.07) is 8.96. The maximum Gasteiger partial charge on any atom is 0.449 e. The number of hydrogen-bond acceptors (Lipinski definition) is 26. The zero-order valence-corrected chi connectivity index (χ0v) is 60.5. The van der Waals surface area contributed by atoms with Crippen LogP contribution in [0.4, 0.5) is 13.2 Å². The second-order valence-corrected chi connectivity index (χ2v) is 26.6. The van der Waals surface area contributed by atoms with Crippen LogP contribution in [0, 0.1) is 5.92 Å². The second-order valence-electron chi connectivity index (χ2n) is 26.6. The number of ketones is 7. The first-order chi connectivity index (χ1) is 49.7. The number of methoxy groups -OCH3 is 10. The quantitative estimate of drug-likeness (QED) is 0.0495. The van der Waals surface area contributed by atoms with Crippen LogP contribution in [-0.2, 0) is 84.1 Å². The smallest absolute Gasteiger partial charge is 0.449 e. The molecule has 26 nitrogen and oxygen atoms in total. The predicted octanol–water partition coefficient (Wildman–Crippen LogP) is 8.93. The Kier molecular flexibility index (Phi) is 24.9. The largest absolute Gasteiger partial charge is 0.496 e. The summed E-state index contributed by atoms with van der Waals surface area (Å²) in [6.07, 6.45) is -9.55. The maximum absolute atomic E-state index is 14.4. The average Bonchev–Trinajstić information content (AvgIpc) is 0.711. The number of rotatable bonds is 26. The van der Waals surface area contributed by atoms with Crippen molar-refractivity contribution in [3.63, 3.8) is 0 Å². The van der Waals surface area contributed by atoms with E-state index >= 15 is 0 Å².